The van der Waals surface area contributed by atoms with Crippen LogP contribution in [0.4, 0.5) is 55.1 Å². The third-order valence-electron chi connectivity index (χ3n) is 9.50. The molecule has 3 N–H and O–H groups in total. The number of carbonyl (C=O) groups is 1. The summed E-state index contributed by atoms with van der Waals surface area (Å²) in [5, 5.41) is 11.8. The molecule has 0 radical (unpaired) electrons. The van der Waals surface area contributed by atoms with E-state index >= 15 is 4.39 Å². The molecule has 10 nitrogen and oxygen atoms in total. The maximum absolute atomic E-state index is 15.9. The van der Waals surface area contributed by atoms with Gasteiger partial charge in [-0.25, -0.2) is 18.0 Å². The number of rotatable bonds is 5. The molecule has 3 aliphatic rings. The zero-order chi connectivity index (χ0) is 43.1. The van der Waals surface area contributed by atoms with E-state index in [1.54, 1.807) is 13.0 Å². The Hall–Kier alpha value is -4.77. The number of anilines is 2. The van der Waals surface area contributed by atoms with Gasteiger partial charge in [0.15, 0.2) is 11.9 Å². The third-order valence-corrected chi connectivity index (χ3v) is 10.5. The number of ether oxygens (including phenoxy) is 2. The molecule has 3 saturated heterocycles. The fourth-order valence-corrected chi connectivity index (χ4v) is 7.76. The zero-order valence-electron chi connectivity index (χ0n) is 32.4. The molecule has 318 valence electrons. The Morgan fingerprint density at radius 3 is 2.34 bits per heavy atom. The molecular weight excluding hydrogens is 806 g/mol. The number of alkyl halides is 7. The predicted octanol–water partition coefficient (Wildman–Crippen LogP) is 10.1. The number of nitrogens with zero attached hydrogens (tertiary/aromatic N) is 5. The van der Waals surface area contributed by atoms with Crippen LogP contribution in [0.3, 0.4) is 0 Å². The second-order valence-electron chi connectivity index (χ2n) is 13.2. The molecule has 5 heterocycles. The highest BCUT2D eigenvalue weighted by Gasteiger charge is 2.41. The number of nitrogen functional groups attached to an aromatic ring is 1. The van der Waals surface area contributed by atoms with Crippen LogP contribution in [0, 0.1) is 23.0 Å². The summed E-state index contributed by atoms with van der Waals surface area (Å²) in [5.41, 5.74) is 2.59. The highest BCUT2D eigenvalue weighted by Crippen LogP contribution is 2.47. The fraction of sp³-hybridized carbons (Fsp3) is 0.526. The normalized spacial score (nSPS) is 18.3. The molecule has 2 aromatic carbocycles. The molecule has 2 aromatic heterocycles. The second-order valence-corrected chi connectivity index (χ2v) is 14.3. The van der Waals surface area contributed by atoms with E-state index in [0.717, 1.165) is 50.9 Å². The summed E-state index contributed by atoms with van der Waals surface area (Å²) in [6.07, 6.45) is -7.90. The predicted molar refractivity (Wildman–Crippen MR) is 203 cm³/mol. The minimum absolute atomic E-state index is 0.0444. The molecule has 1 amide bonds. The lowest BCUT2D eigenvalue weighted by Gasteiger charge is -2.20. The van der Waals surface area contributed by atoms with Crippen molar-refractivity contribution in [1.29, 1.82) is 5.26 Å². The molecule has 3 atom stereocenters. The number of likely N-dealkylation sites (tertiary alicyclic amines) is 1. The van der Waals surface area contributed by atoms with Crippen LogP contribution < -0.4 is 15.8 Å². The molecule has 0 saturated carbocycles. The summed E-state index contributed by atoms with van der Waals surface area (Å²) >= 11 is 0.698. The first kappa shape index (κ1) is 45.9. The van der Waals surface area contributed by atoms with Gasteiger partial charge < -0.3 is 25.4 Å². The van der Waals surface area contributed by atoms with Crippen LogP contribution in [0.2, 0.25) is 0 Å². The average Bonchev–Trinajstić information content (AvgIpc) is 3.98. The number of halogens is 9. The Morgan fingerprint density at radius 1 is 1.10 bits per heavy atom. The van der Waals surface area contributed by atoms with Gasteiger partial charge in [-0.15, -0.1) is 11.3 Å². The Balaban J connectivity index is 0.000000242. The van der Waals surface area contributed by atoms with Crippen LogP contribution in [0.1, 0.15) is 70.9 Å². The van der Waals surface area contributed by atoms with Crippen molar-refractivity contribution in [2.24, 2.45) is 0 Å². The summed E-state index contributed by atoms with van der Waals surface area (Å²) in [6, 6.07) is 4.75. The van der Waals surface area contributed by atoms with Crippen molar-refractivity contribution in [2.75, 3.05) is 50.9 Å². The molecule has 20 heteroatoms. The molecule has 3 unspecified atom stereocenters. The van der Waals surface area contributed by atoms with Crippen molar-refractivity contribution in [3.8, 4) is 23.2 Å². The van der Waals surface area contributed by atoms with E-state index in [1.807, 2.05) is 13.8 Å². The number of amides is 1. The maximum atomic E-state index is 15.9. The number of thiophene rings is 1. The molecule has 0 aliphatic carbocycles. The van der Waals surface area contributed by atoms with Gasteiger partial charge in [-0.3, -0.25) is 4.90 Å². The number of nitriles is 1. The number of nitrogens with two attached hydrogens (primary N) is 1. The lowest BCUT2D eigenvalue weighted by molar-refractivity contribution is -0.199. The summed E-state index contributed by atoms with van der Waals surface area (Å²) in [7, 11) is 1.23. The van der Waals surface area contributed by atoms with E-state index in [2.05, 4.69) is 24.9 Å². The van der Waals surface area contributed by atoms with Gasteiger partial charge in [0.2, 0.25) is 0 Å². The quantitative estimate of drug-likeness (QED) is 0.189. The van der Waals surface area contributed by atoms with Crippen LogP contribution in [0.5, 0.6) is 6.01 Å². The molecule has 3 aliphatic heterocycles. The van der Waals surface area contributed by atoms with Gasteiger partial charge in [-0.05, 0) is 70.2 Å². The van der Waals surface area contributed by atoms with Crippen LogP contribution in [-0.4, -0.2) is 90.2 Å². The number of hydrogen-bond donors (Lipinski definition) is 2. The highest BCUT2D eigenvalue weighted by molar-refractivity contribution is 7.23. The molecule has 58 heavy (non-hydrogen) atoms. The van der Waals surface area contributed by atoms with Gasteiger partial charge in [0.1, 0.15) is 34.4 Å². The van der Waals surface area contributed by atoms with Crippen LogP contribution >= 0.6 is 11.3 Å². The molecule has 3 fully saturated rings. The van der Waals surface area contributed by atoms with Gasteiger partial charge in [0.25, 0.3) is 0 Å². The standard InChI is InChI=1S/C21H14F5N5OS.C8H12F3NO2.C7H12FN.C2H6/c1-3-29-19-9-6-11(21(24,25)26)14(15(23)16(9)30-20(31-19)32-2)8-4-5-12(22)17-13(8)10(7-27)18(28)33-17;1-6(8(9,10)11)14-7(13)12-4-2-3-5-12;8-6-4-7-2-1-3-9(7)5-6;1-2/h4-6H,3,28H2,1-2H3,(H,29,30,31);6H,2-5H2,1H3;6-7H,1-5H2;1-2H3. The summed E-state index contributed by atoms with van der Waals surface area (Å²) in [5.74, 6) is -2.15. The van der Waals surface area contributed by atoms with E-state index in [1.165, 1.54) is 24.9 Å². The zero-order valence-corrected chi connectivity index (χ0v) is 33.2. The number of aromatic nitrogens is 2. The topological polar surface area (TPSA) is 130 Å². The summed E-state index contributed by atoms with van der Waals surface area (Å²) < 4.78 is 130. The number of methoxy groups -OCH3 is 1. The first-order valence-electron chi connectivity index (χ1n) is 18.6. The van der Waals surface area contributed by atoms with Crippen molar-refractivity contribution < 1.29 is 53.8 Å². The minimum Gasteiger partial charge on any atom is -0.467 e. The Morgan fingerprint density at radius 2 is 1.78 bits per heavy atom. The first-order valence-corrected chi connectivity index (χ1v) is 19.4. The van der Waals surface area contributed by atoms with Crippen molar-refractivity contribution in [2.45, 2.75) is 90.5 Å². The Labute approximate surface area is 333 Å². The minimum atomic E-state index is -5.00. The van der Waals surface area contributed by atoms with Crippen molar-refractivity contribution in [3.63, 3.8) is 0 Å². The van der Waals surface area contributed by atoms with Crippen LogP contribution in [-0.2, 0) is 10.9 Å². The Bertz CT molecular complexity index is 2090. The average molecular weight is 850 g/mol. The smallest absolute Gasteiger partial charge is 0.425 e. The first-order chi connectivity index (χ1) is 27.4. The largest absolute Gasteiger partial charge is 0.467 e. The maximum Gasteiger partial charge on any atom is 0.425 e. The van der Waals surface area contributed by atoms with Gasteiger partial charge in [0, 0.05) is 48.6 Å². The molecule has 4 aromatic rings. The van der Waals surface area contributed by atoms with Gasteiger partial charge in [-0.2, -0.15) is 41.6 Å². The monoisotopic (exact) mass is 849 g/mol. The fourth-order valence-electron chi connectivity index (χ4n) is 6.81. The van der Waals surface area contributed by atoms with E-state index in [9.17, 15) is 45.2 Å². The SMILES string of the molecule is CC.CC(OC(=O)N1CCCC1)C(F)(F)F.CCNc1nc(OC)nc2c(F)c(-c3ccc(F)c4sc(N)c(C#N)c34)c(C(F)(F)F)cc12.FC1CC2CCCN2C1. The van der Waals surface area contributed by atoms with E-state index in [-0.39, 0.29) is 50.0 Å². The summed E-state index contributed by atoms with van der Waals surface area (Å²) in [6.45, 7) is 9.64. The third kappa shape index (κ3) is 10.3. The van der Waals surface area contributed by atoms with Crippen molar-refractivity contribution in [1.82, 2.24) is 19.8 Å². The molecular formula is C38H44F9N7O3S. The number of hydrogen-bond acceptors (Lipinski definition) is 10. The van der Waals surface area contributed by atoms with Crippen LogP contribution in [0.25, 0.3) is 32.1 Å². The summed E-state index contributed by atoms with van der Waals surface area (Å²) in [4.78, 5) is 22.6. The van der Waals surface area contributed by atoms with Gasteiger partial charge in [0.05, 0.1) is 22.9 Å². The van der Waals surface area contributed by atoms with E-state index in [4.69, 9.17) is 10.5 Å². The molecule has 0 spiro atoms. The number of fused-ring (bicyclic) bond motifs is 3. The van der Waals surface area contributed by atoms with Gasteiger partial charge >= 0.3 is 24.5 Å². The van der Waals surface area contributed by atoms with Crippen LogP contribution in [0.15, 0.2) is 18.2 Å². The highest BCUT2D eigenvalue weighted by atomic mass is 32.1. The second kappa shape index (κ2) is 19.3. The number of nitrogens with one attached hydrogen (secondary N) is 1. The Kier molecular flexibility index (Phi) is 15.3. The number of benzene rings is 2. The number of carbonyl (C=O) groups excluding carboxylic acids is 1. The lowest BCUT2D eigenvalue weighted by Crippen LogP contribution is -2.37. The van der Waals surface area contributed by atoms with Crippen molar-refractivity contribution in [3.05, 3.63) is 41.0 Å². The molecule has 0 bridgehead atoms. The van der Waals surface area contributed by atoms with E-state index < -0.39 is 59.0 Å². The van der Waals surface area contributed by atoms with E-state index in [0.29, 0.717) is 37.0 Å². The molecule has 7 rings (SSSR count). The van der Waals surface area contributed by atoms with Crippen molar-refractivity contribution >= 4 is 49.2 Å². The van der Waals surface area contributed by atoms with Gasteiger partial charge in [-0.1, -0.05) is 19.9 Å². The lowest BCUT2D eigenvalue weighted by atomic mass is 9.92.